The number of carbonyl (C=O) groups is 2. The summed E-state index contributed by atoms with van der Waals surface area (Å²) in [6.45, 7) is 4.93. The predicted octanol–water partition coefficient (Wildman–Crippen LogP) is 24.9. The summed E-state index contributed by atoms with van der Waals surface area (Å²) in [5.41, 5.74) is 0. The number of aliphatic hydroxyl groups excluding tert-OH is 2. The van der Waals surface area contributed by atoms with Crippen molar-refractivity contribution in [3.05, 3.63) is 24.3 Å². The normalized spacial score (nSPS) is 12.6. The number of unbranched alkanes of at least 4 members (excludes halogenated alkanes) is 59. The van der Waals surface area contributed by atoms with Gasteiger partial charge in [0, 0.05) is 12.8 Å². The number of aliphatic hydroxyl groups is 2. The number of hydrogen-bond donors (Lipinski definition) is 3. The first-order valence-corrected chi connectivity index (χ1v) is 38.1. The fourth-order valence-corrected chi connectivity index (χ4v) is 12.2. The smallest absolute Gasteiger partial charge is 0.305 e. The summed E-state index contributed by atoms with van der Waals surface area (Å²) in [7, 11) is 0. The lowest BCUT2D eigenvalue weighted by atomic mass is 10.0. The maximum absolute atomic E-state index is 12.5. The Morgan fingerprint density at radius 2 is 0.566 bits per heavy atom. The SMILES string of the molecule is CCCCC/C=C\CCCCCCCC(=O)OCCCCCCCCCCCCCCCCCCCCCCCCCCCCCCCCCC(=O)NC(CO)C(O)/C=C/CCCCCCCCCCCCCCCCCCCCCCC. The number of amides is 1. The molecule has 0 aromatic carbocycles. The van der Waals surface area contributed by atoms with Crippen molar-refractivity contribution in [2.45, 2.75) is 443 Å². The number of ether oxygens (including phenoxy) is 1. The van der Waals surface area contributed by atoms with E-state index in [2.05, 4.69) is 31.3 Å². The van der Waals surface area contributed by atoms with Crippen LogP contribution in [0.4, 0.5) is 0 Å². The molecule has 0 saturated carbocycles. The Hall–Kier alpha value is -1.66. The van der Waals surface area contributed by atoms with E-state index in [1.807, 2.05) is 6.08 Å². The van der Waals surface area contributed by atoms with E-state index < -0.39 is 12.1 Å². The molecule has 0 aliphatic rings. The minimum absolute atomic E-state index is 0.0110. The molecule has 0 aromatic rings. The lowest BCUT2D eigenvalue weighted by Gasteiger charge is -2.20. The molecule has 0 radical (unpaired) electrons. The van der Waals surface area contributed by atoms with Crippen LogP contribution >= 0.6 is 0 Å². The molecule has 1 amide bonds. The third kappa shape index (κ3) is 69.3. The Bertz CT molecular complexity index is 1300. The van der Waals surface area contributed by atoms with E-state index in [9.17, 15) is 19.8 Å². The molecule has 6 nitrogen and oxygen atoms in total. The lowest BCUT2D eigenvalue weighted by Crippen LogP contribution is -2.45. The zero-order valence-electron chi connectivity index (χ0n) is 56.5. The molecule has 0 saturated heterocycles. The summed E-state index contributed by atoms with van der Waals surface area (Å²) in [5, 5.41) is 23.3. The van der Waals surface area contributed by atoms with Crippen molar-refractivity contribution in [2.24, 2.45) is 0 Å². The van der Waals surface area contributed by atoms with E-state index in [1.165, 1.54) is 360 Å². The highest BCUT2D eigenvalue weighted by atomic mass is 16.5. The third-order valence-corrected chi connectivity index (χ3v) is 18.0. The Labute approximate surface area is 520 Å². The zero-order chi connectivity index (χ0) is 59.9. The molecule has 3 N–H and O–H groups in total. The monoisotopic (exact) mass is 1170 g/mol. The van der Waals surface area contributed by atoms with Gasteiger partial charge < -0.3 is 20.3 Å². The fraction of sp³-hybridized carbons (Fsp3) is 0.922. The van der Waals surface area contributed by atoms with Crippen LogP contribution in [0.3, 0.4) is 0 Å². The average Bonchev–Trinajstić information content (AvgIpc) is 3.49. The second-order valence-electron chi connectivity index (χ2n) is 26.3. The molecule has 83 heavy (non-hydrogen) atoms. The van der Waals surface area contributed by atoms with Crippen molar-refractivity contribution in [1.29, 1.82) is 0 Å². The maximum Gasteiger partial charge on any atom is 0.305 e. The average molecular weight is 1170 g/mol. The molecule has 0 heterocycles. The topological polar surface area (TPSA) is 95.9 Å². The first kappa shape index (κ1) is 81.3. The summed E-state index contributed by atoms with van der Waals surface area (Å²) >= 11 is 0. The van der Waals surface area contributed by atoms with Gasteiger partial charge in [-0.2, -0.15) is 0 Å². The predicted molar refractivity (Wildman–Crippen MR) is 366 cm³/mol. The lowest BCUT2D eigenvalue weighted by molar-refractivity contribution is -0.143. The standard InChI is InChI=1S/C77H149NO5/c1-3-5-7-9-11-13-15-17-18-19-20-21-31-34-37-40-43-46-49-53-57-61-65-69-75(80)74(73-79)78-76(81)70-66-62-58-54-50-47-44-41-38-35-32-29-27-25-23-22-24-26-28-30-33-36-39-42-45-48-52-56-60-64-68-72-83-77(82)71-67-63-59-55-51-16-14-12-10-8-6-4-2/h12,14,65,69,74-75,79-80H,3-11,13,15-64,66-68,70-73H2,1-2H3,(H,78,81)/b14-12-,69-65+. The van der Waals surface area contributed by atoms with E-state index in [0.717, 1.165) is 44.9 Å². The van der Waals surface area contributed by atoms with E-state index in [-0.39, 0.29) is 18.5 Å². The first-order chi connectivity index (χ1) is 41.0. The van der Waals surface area contributed by atoms with E-state index >= 15 is 0 Å². The number of rotatable bonds is 72. The second kappa shape index (κ2) is 72.8. The fourth-order valence-electron chi connectivity index (χ4n) is 12.2. The van der Waals surface area contributed by atoms with Crippen LogP contribution in [0.2, 0.25) is 0 Å². The van der Waals surface area contributed by atoms with Gasteiger partial charge in [0.1, 0.15) is 0 Å². The van der Waals surface area contributed by atoms with Gasteiger partial charge in [0.05, 0.1) is 25.4 Å². The molecule has 0 fully saturated rings. The molecule has 2 atom stereocenters. The van der Waals surface area contributed by atoms with E-state index in [0.29, 0.717) is 19.4 Å². The van der Waals surface area contributed by atoms with Crippen LogP contribution in [0, 0.1) is 0 Å². The highest BCUT2D eigenvalue weighted by molar-refractivity contribution is 5.76. The summed E-state index contributed by atoms with van der Waals surface area (Å²) in [6.07, 6.45) is 92.9. The van der Waals surface area contributed by atoms with Crippen molar-refractivity contribution in [1.82, 2.24) is 5.32 Å². The van der Waals surface area contributed by atoms with E-state index in [1.54, 1.807) is 6.08 Å². The minimum atomic E-state index is -0.843. The Morgan fingerprint density at radius 1 is 0.325 bits per heavy atom. The van der Waals surface area contributed by atoms with Crippen LogP contribution in [-0.4, -0.2) is 47.4 Å². The van der Waals surface area contributed by atoms with Crippen LogP contribution in [0.5, 0.6) is 0 Å². The zero-order valence-corrected chi connectivity index (χ0v) is 56.5. The molecule has 0 aliphatic carbocycles. The van der Waals surface area contributed by atoms with Gasteiger partial charge in [-0.15, -0.1) is 0 Å². The number of nitrogens with one attached hydrogen (secondary N) is 1. The molecule has 0 spiro atoms. The summed E-state index contributed by atoms with van der Waals surface area (Å²) in [6, 6.07) is -0.626. The van der Waals surface area contributed by atoms with Crippen LogP contribution in [0.15, 0.2) is 24.3 Å². The van der Waals surface area contributed by atoms with Crippen LogP contribution in [0.25, 0.3) is 0 Å². The largest absolute Gasteiger partial charge is 0.466 e. The van der Waals surface area contributed by atoms with Crippen LogP contribution in [0.1, 0.15) is 431 Å². The van der Waals surface area contributed by atoms with Crippen LogP contribution < -0.4 is 5.32 Å². The van der Waals surface area contributed by atoms with Crippen molar-refractivity contribution in [3.8, 4) is 0 Å². The minimum Gasteiger partial charge on any atom is -0.466 e. The second-order valence-corrected chi connectivity index (χ2v) is 26.3. The summed E-state index contributed by atoms with van der Waals surface area (Å²) < 4.78 is 5.48. The quantitative estimate of drug-likeness (QED) is 0.0320. The van der Waals surface area contributed by atoms with Crippen LogP contribution in [-0.2, 0) is 14.3 Å². The summed E-state index contributed by atoms with van der Waals surface area (Å²) in [4.78, 5) is 24.6. The number of allylic oxidation sites excluding steroid dienone is 3. The van der Waals surface area contributed by atoms with Crippen molar-refractivity contribution in [2.75, 3.05) is 13.2 Å². The molecule has 6 heteroatoms. The van der Waals surface area contributed by atoms with Gasteiger partial charge in [0.25, 0.3) is 0 Å². The molecule has 0 aromatic heterocycles. The Balaban J connectivity index is 3.36. The molecular formula is C77H149NO5. The molecule has 0 bridgehead atoms. The number of carbonyl (C=O) groups excluding carboxylic acids is 2. The van der Waals surface area contributed by atoms with E-state index in [4.69, 9.17) is 4.74 Å². The third-order valence-electron chi connectivity index (χ3n) is 18.0. The Morgan fingerprint density at radius 3 is 0.880 bits per heavy atom. The molecular weight excluding hydrogens is 1020 g/mol. The van der Waals surface area contributed by atoms with Gasteiger partial charge >= 0.3 is 5.97 Å². The van der Waals surface area contributed by atoms with Gasteiger partial charge in [-0.05, 0) is 57.8 Å². The van der Waals surface area contributed by atoms with Gasteiger partial charge in [0.15, 0.2) is 0 Å². The molecule has 492 valence electrons. The van der Waals surface area contributed by atoms with Gasteiger partial charge in [-0.1, -0.05) is 385 Å². The first-order valence-electron chi connectivity index (χ1n) is 38.1. The summed E-state index contributed by atoms with van der Waals surface area (Å²) in [5.74, 6) is -0.0478. The highest BCUT2D eigenvalue weighted by Crippen LogP contribution is 2.20. The highest BCUT2D eigenvalue weighted by Gasteiger charge is 2.18. The van der Waals surface area contributed by atoms with Gasteiger partial charge in [-0.25, -0.2) is 0 Å². The molecule has 0 rings (SSSR count). The van der Waals surface area contributed by atoms with Crippen molar-refractivity contribution in [3.63, 3.8) is 0 Å². The van der Waals surface area contributed by atoms with Gasteiger partial charge in [-0.3, -0.25) is 9.59 Å². The number of esters is 1. The molecule has 0 aliphatic heterocycles. The molecule has 2 unspecified atom stereocenters. The van der Waals surface area contributed by atoms with Crippen molar-refractivity contribution < 1.29 is 24.5 Å². The van der Waals surface area contributed by atoms with Gasteiger partial charge in [0.2, 0.25) is 5.91 Å². The van der Waals surface area contributed by atoms with Crippen molar-refractivity contribution >= 4 is 11.9 Å². The maximum atomic E-state index is 12.5. The number of hydrogen-bond acceptors (Lipinski definition) is 5. The Kier molecular flexibility index (Phi) is 71.4.